The average Bonchev–Trinajstić information content (AvgIpc) is 2.53. The molecule has 0 aliphatic heterocycles. The Morgan fingerprint density at radius 1 is 1.38 bits per heavy atom. The number of rotatable bonds is 1. The van der Waals surface area contributed by atoms with Crippen molar-refractivity contribution in [1.82, 2.24) is 14.8 Å². The molecule has 0 saturated carbocycles. The van der Waals surface area contributed by atoms with Gasteiger partial charge in [-0.2, -0.15) is 4.39 Å². The lowest BCUT2D eigenvalue weighted by Crippen LogP contribution is -2.02. The third-order valence-corrected chi connectivity index (χ3v) is 1.59. The van der Waals surface area contributed by atoms with Crippen molar-refractivity contribution in [3.05, 3.63) is 36.5 Å². The van der Waals surface area contributed by atoms with Crippen molar-refractivity contribution in [2.45, 2.75) is 0 Å². The van der Waals surface area contributed by atoms with Crippen LogP contribution in [0.2, 0.25) is 0 Å². The van der Waals surface area contributed by atoms with Gasteiger partial charge in [0.25, 0.3) is 0 Å². The molecule has 13 heavy (non-hydrogen) atoms. The van der Waals surface area contributed by atoms with Crippen molar-refractivity contribution in [2.24, 2.45) is 0 Å². The van der Waals surface area contributed by atoms with Crippen LogP contribution in [0.15, 0.2) is 30.6 Å². The van der Waals surface area contributed by atoms with Crippen molar-refractivity contribution in [1.29, 1.82) is 0 Å². The zero-order chi connectivity index (χ0) is 9.26. The van der Waals surface area contributed by atoms with E-state index in [1.165, 1.54) is 16.9 Å². The molecule has 2 rings (SSSR count). The standard InChI is InChI=1S/C8H7FN4/c9-7-3-5-13(12-7)8-6(10)2-1-4-11-8/h1-5H,10H2. The summed E-state index contributed by atoms with van der Waals surface area (Å²) in [6.45, 7) is 0. The van der Waals surface area contributed by atoms with Crippen molar-refractivity contribution in [2.75, 3.05) is 5.73 Å². The van der Waals surface area contributed by atoms with Gasteiger partial charge in [-0.05, 0) is 12.1 Å². The number of aromatic nitrogens is 3. The van der Waals surface area contributed by atoms with E-state index in [0.29, 0.717) is 11.5 Å². The summed E-state index contributed by atoms with van der Waals surface area (Å²) < 4.78 is 13.8. The van der Waals surface area contributed by atoms with Gasteiger partial charge in [0, 0.05) is 18.5 Å². The number of hydrogen-bond donors (Lipinski definition) is 1. The normalized spacial score (nSPS) is 10.2. The lowest BCUT2D eigenvalue weighted by Gasteiger charge is -2.01. The summed E-state index contributed by atoms with van der Waals surface area (Å²) >= 11 is 0. The Bertz CT molecular complexity index is 424. The number of pyridine rings is 1. The Kier molecular flexibility index (Phi) is 1.70. The third kappa shape index (κ3) is 1.35. The fraction of sp³-hybridized carbons (Fsp3) is 0. The number of nitrogen functional groups attached to an aromatic ring is 1. The molecule has 4 nitrogen and oxygen atoms in total. The topological polar surface area (TPSA) is 56.7 Å². The quantitative estimate of drug-likeness (QED) is 0.708. The van der Waals surface area contributed by atoms with Crippen LogP contribution in [0.5, 0.6) is 0 Å². The fourth-order valence-electron chi connectivity index (χ4n) is 1.02. The van der Waals surface area contributed by atoms with Crippen LogP contribution in [0, 0.1) is 5.95 Å². The van der Waals surface area contributed by atoms with E-state index in [0.717, 1.165) is 0 Å². The first-order valence-corrected chi connectivity index (χ1v) is 3.69. The van der Waals surface area contributed by atoms with Crippen molar-refractivity contribution >= 4 is 5.69 Å². The number of halogens is 1. The molecular formula is C8H7FN4. The Morgan fingerprint density at radius 2 is 2.23 bits per heavy atom. The van der Waals surface area contributed by atoms with Gasteiger partial charge >= 0.3 is 0 Å². The molecule has 0 bridgehead atoms. The molecule has 0 radical (unpaired) electrons. The molecule has 0 aliphatic carbocycles. The molecule has 0 fully saturated rings. The van der Waals surface area contributed by atoms with E-state index < -0.39 is 5.95 Å². The zero-order valence-corrected chi connectivity index (χ0v) is 6.68. The smallest absolute Gasteiger partial charge is 0.233 e. The predicted molar refractivity (Wildman–Crippen MR) is 45.7 cm³/mol. The first-order valence-electron chi connectivity index (χ1n) is 3.69. The van der Waals surface area contributed by atoms with Gasteiger partial charge in [0.1, 0.15) is 0 Å². The van der Waals surface area contributed by atoms with Gasteiger partial charge in [-0.15, -0.1) is 5.10 Å². The maximum atomic E-state index is 12.5. The van der Waals surface area contributed by atoms with E-state index in [4.69, 9.17) is 5.73 Å². The van der Waals surface area contributed by atoms with Crippen LogP contribution < -0.4 is 5.73 Å². The lowest BCUT2D eigenvalue weighted by atomic mass is 10.4. The summed E-state index contributed by atoms with van der Waals surface area (Å²) in [5.74, 6) is -0.114. The van der Waals surface area contributed by atoms with E-state index >= 15 is 0 Å². The Balaban J connectivity index is 2.52. The molecule has 2 aromatic heterocycles. The highest BCUT2D eigenvalue weighted by molar-refractivity contribution is 5.51. The lowest BCUT2D eigenvalue weighted by molar-refractivity contribution is 0.565. The molecule has 2 aromatic rings. The van der Waals surface area contributed by atoms with Crippen LogP contribution in [0.1, 0.15) is 0 Å². The number of nitrogens with two attached hydrogens (primary N) is 1. The van der Waals surface area contributed by atoms with E-state index in [-0.39, 0.29) is 0 Å². The van der Waals surface area contributed by atoms with E-state index in [1.54, 1.807) is 18.3 Å². The fourth-order valence-corrected chi connectivity index (χ4v) is 1.02. The Labute approximate surface area is 73.8 Å². The third-order valence-electron chi connectivity index (χ3n) is 1.59. The first-order chi connectivity index (χ1) is 6.27. The van der Waals surface area contributed by atoms with Gasteiger partial charge in [0.2, 0.25) is 5.95 Å². The molecule has 0 aromatic carbocycles. The average molecular weight is 178 g/mol. The summed E-state index contributed by atoms with van der Waals surface area (Å²) in [6.07, 6.45) is 3.04. The molecule has 2 heterocycles. The number of nitrogens with zero attached hydrogens (tertiary/aromatic N) is 3. The van der Waals surface area contributed by atoms with Gasteiger partial charge in [-0.1, -0.05) is 0 Å². The molecule has 0 unspecified atom stereocenters. The maximum absolute atomic E-state index is 12.5. The second-order valence-corrected chi connectivity index (χ2v) is 2.50. The van der Waals surface area contributed by atoms with Crippen LogP contribution >= 0.6 is 0 Å². The number of anilines is 1. The Hall–Kier alpha value is -1.91. The molecular weight excluding hydrogens is 171 g/mol. The van der Waals surface area contributed by atoms with E-state index in [2.05, 4.69) is 10.1 Å². The molecule has 5 heteroatoms. The highest BCUT2D eigenvalue weighted by Gasteiger charge is 2.03. The predicted octanol–water partition coefficient (Wildman–Crippen LogP) is 0.989. The van der Waals surface area contributed by atoms with Gasteiger partial charge in [-0.3, -0.25) is 0 Å². The monoisotopic (exact) mass is 178 g/mol. The molecule has 0 aliphatic rings. The van der Waals surface area contributed by atoms with Crippen LogP contribution in [-0.2, 0) is 0 Å². The summed E-state index contributed by atoms with van der Waals surface area (Å²) in [4.78, 5) is 3.97. The molecule has 0 amide bonds. The van der Waals surface area contributed by atoms with E-state index in [9.17, 15) is 4.39 Å². The van der Waals surface area contributed by atoms with Gasteiger partial charge < -0.3 is 5.73 Å². The first kappa shape index (κ1) is 7.72. The second-order valence-electron chi connectivity index (χ2n) is 2.50. The van der Waals surface area contributed by atoms with Crippen molar-refractivity contribution in [3.63, 3.8) is 0 Å². The van der Waals surface area contributed by atoms with Crippen LogP contribution in [-0.4, -0.2) is 14.8 Å². The molecule has 0 saturated heterocycles. The van der Waals surface area contributed by atoms with Gasteiger partial charge in [0.05, 0.1) is 5.69 Å². The molecule has 66 valence electrons. The molecule has 0 atom stereocenters. The van der Waals surface area contributed by atoms with Gasteiger partial charge in [0.15, 0.2) is 5.82 Å². The Morgan fingerprint density at radius 3 is 2.85 bits per heavy atom. The summed E-state index contributed by atoms with van der Waals surface area (Å²) in [7, 11) is 0. The van der Waals surface area contributed by atoms with Crippen LogP contribution in [0.4, 0.5) is 10.1 Å². The summed E-state index contributed by atoms with van der Waals surface area (Å²) in [5.41, 5.74) is 6.08. The zero-order valence-electron chi connectivity index (χ0n) is 6.68. The summed E-state index contributed by atoms with van der Waals surface area (Å²) in [5, 5.41) is 3.55. The SMILES string of the molecule is Nc1cccnc1-n1ccc(F)n1. The highest BCUT2D eigenvalue weighted by Crippen LogP contribution is 2.11. The minimum absolute atomic E-state index is 0.436. The maximum Gasteiger partial charge on any atom is 0.233 e. The highest BCUT2D eigenvalue weighted by atomic mass is 19.1. The minimum atomic E-state index is -0.551. The molecule has 0 spiro atoms. The van der Waals surface area contributed by atoms with E-state index in [1.807, 2.05) is 0 Å². The van der Waals surface area contributed by atoms with Gasteiger partial charge in [-0.25, -0.2) is 9.67 Å². The van der Waals surface area contributed by atoms with Crippen molar-refractivity contribution < 1.29 is 4.39 Å². The largest absolute Gasteiger partial charge is 0.396 e. The number of hydrogen-bond acceptors (Lipinski definition) is 3. The minimum Gasteiger partial charge on any atom is -0.396 e. The van der Waals surface area contributed by atoms with Crippen LogP contribution in [0.25, 0.3) is 5.82 Å². The second kappa shape index (κ2) is 2.85. The van der Waals surface area contributed by atoms with Crippen molar-refractivity contribution in [3.8, 4) is 5.82 Å². The summed E-state index contributed by atoms with van der Waals surface area (Å²) in [6, 6.07) is 4.63. The molecule has 2 N–H and O–H groups in total. The van der Waals surface area contributed by atoms with Crippen LogP contribution in [0.3, 0.4) is 0 Å².